The Bertz CT molecular complexity index is 269. The van der Waals surface area contributed by atoms with Gasteiger partial charge < -0.3 is 18.9 Å². The fraction of sp³-hybridized carbons (Fsp3) is 0.875. The third kappa shape index (κ3) is 5.83. The lowest BCUT2D eigenvalue weighted by molar-refractivity contribution is 0.0967. The zero-order valence-corrected chi connectivity index (χ0v) is 15.9. The highest BCUT2D eigenvalue weighted by atomic mass is 28.3. The topological polar surface area (TPSA) is 36.9 Å². The molecule has 0 heterocycles. The van der Waals surface area contributed by atoms with Gasteiger partial charge in [0.1, 0.15) is 0 Å². The minimum Gasteiger partial charge on any atom is -0.385 e. The summed E-state index contributed by atoms with van der Waals surface area (Å²) in [6.45, 7) is 13.6. The van der Waals surface area contributed by atoms with E-state index >= 15 is 0 Å². The molecule has 0 amide bonds. The maximum atomic E-state index is 5.70. The Kier molecular flexibility index (Phi) is 10.4. The molecule has 0 radical (unpaired) electrons. The zero-order chi connectivity index (χ0) is 16.5. The molecule has 21 heavy (non-hydrogen) atoms. The molecule has 0 aromatic rings. The third-order valence-corrected chi connectivity index (χ3v) is 11.0. The largest absolute Gasteiger partial charge is 0.385 e. The summed E-state index contributed by atoms with van der Waals surface area (Å²) >= 11 is 0. The van der Waals surface area contributed by atoms with E-state index in [0.29, 0.717) is 6.61 Å². The molecule has 0 N–H and O–H groups in total. The monoisotopic (exact) mass is 318 g/mol. The van der Waals surface area contributed by atoms with Crippen LogP contribution >= 0.6 is 0 Å². The first-order valence-corrected chi connectivity index (χ1v) is 10.1. The minimum atomic E-state index is -1.95. The second-order valence-electron chi connectivity index (χ2n) is 5.86. The Hall–Kier alpha value is -0.203. The third-order valence-electron chi connectivity index (χ3n) is 4.58. The van der Waals surface area contributed by atoms with Crippen molar-refractivity contribution in [1.82, 2.24) is 0 Å². The van der Waals surface area contributed by atoms with Gasteiger partial charge in [-0.1, -0.05) is 12.2 Å². The molecule has 0 bridgehead atoms. The number of hydrogen-bond acceptors (Lipinski definition) is 4. The summed E-state index contributed by atoms with van der Waals surface area (Å²) in [5.41, 5.74) is 1.56. The van der Waals surface area contributed by atoms with E-state index in [9.17, 15) is 0 Å². The number of ether oxygens (including phenoxy) is 4. The fourth-order valence-electron chi connectivity index (χ4n) is 2.99. The number of hydrogen-bond donors (Lipinski definition) is 0. The number of methoxy groups -OCH3 is 3. The summed E-state index contributed by atoms with van der Waals surface area (Å²) in [5, 5.41) is 0. The maximum Gasteiger partial charge on any atom is 0.151 e. The Morgan fingerprint density at radius 2 is 1.38 bits per heavy atom. The van der Waals surface area contributed by atoms with Gasteiger partial charge in [-0.15, -0.1) is 0 Å². The van der Waals surface area contributed by atoms with Gasteiger partial charge in [0.15, 0.2) is 8.07 Å². The van der Waals surface area contributed by atoms with Crippen LogP contribution < -0.4 is 0 Å². The quantitative estimate of drug-likeness (QED) is 0.315. The molecule has 0 aliphatic carbocycles. The van der Waals surface area contributed by atoms with Crippen LogP contribution in [0.15, 0.2) is 12.2 Å². The standard InChI is InChI=1S/C16H34O4Si/c1-13(2)12-20-10-9-11-21(14(3)17-6,15(4)18-7)16(5)19-8/h14-16H,1,9-12H2,2-8H3. The van der Waals surface area contributed by atoms with Gasteiger partial charge in [-0.2, -0.15) is 0 Å². The minimum absolute atomic E-state index is 0.170. The van der Waals surface area contributed by atoms with Gasteiger partial charge in [0, 0.05) is 27.9 Å². The molecular formula is C16H34O4Si. The van der Waals surface area contributed by atoms with E-state index in [4.69, 9.17) is 18.9 Å². The Morgan fingerprint density at radius 3 is 1.71 bits per heavy atom. The molecule has 126 valence electrons. The lowest BCUT2D eigenvalue weighted by Crippen LogP contribution is -2.64. The van der Waals surface area contributed by atoms with Gasteiger partial charge in [0.2, 0.25) is 0 Å². The second-order valence-corrected chi connectivity index (χ2v) is 11.0. The van der Waals surface area contributed by atoms with Crippen molar-refractivity contribution in [2.24, 2.45) is 0 Å². The van der Waals surface area contributed by atoms with Crippen LogP contribution in [0.4, 0.5) is 0 Å². The summed E-state index contributed by atoms with van der Waals surface area (Å²) in [6, 6.07) is 1.06. The van der Waals surface area contributed by atoms with Crippen molar-refractivity contribution in [1.29, 1.82) is 0 Å². The predicted octanol–water partition coefficient (Wildman–Crippen LogP) is 3.14. The SMILES string of the molecule is C=C(C)COCCC[Si](C(C)OC)(C(C)OC)C(C)OC. The van der Waals surface area contributed by atoms with Crippen LogP contribution in [0.5, 0.6) is 0 Å². The van der Waals surface area contributed by atoms with Gasteiger partial charge >= 0.3 is 0 Å². The molecule has 4 nitrogen and oxygen atoms in total. The Morgan fingerprint density at radius 1 is 0.952 bits per heavy atom. The highest BCUT2D eigenvalue weighted by molar-refractivity contribution is 6.83. The lowest BCUT2D eigenvalue weighted by Gasteiger charge is -2.44. The van der Waals surface area contributed by atoms with Gasteiger partial charge in [-0.25, -0.2) is 0 Å². The number of rotatable bonds is 12. The van der Waals surface area contributed by atoms with Crippen molar-refractivity contribution >= 4 is 8.07 Å². The van der Waals surface area contributed by atoms with Gasteiger partial charge in [0.05, 0.1) is 23.8 Å². The van der Waals surface area contributed by atoms with Crippen molar-refractivity contribution < 1.29 is 18.9 Å². The molecule has 3 atom stereocenters. The van der Waals surface area contributed by atoms with Gasteiger partial charge in [-0.3, -0.25) is 0 Å². The molecule has 0 fully saturated rings. The maximum absolute atomic E-state index is 5.70. The molecule has 0 saturated heterocycles. The molecule has 0 aromatic heterocycles. The smallest absolute Gasteiger partial charge is 0.151 e. The molecule has 0 spiro atoms. The van der Waals surface area contributed by atoms with E-state index in [0.717, 1.165) is 24.6 Å². The van der Waals surface area contributed by atoms with Crippen molar-refractivity contribution in [3.05, 3.63) is 12.2 Å². The summed E-state index contributed by atoms with van der Waals surface area (Å²) in [7, 11) is 3.37. The van der Waals surface area contributed by atoms with Crippen molar-refractivity contribution in [2.75, 3.05) is 34.5 Å². The average Bonchev–Trinajstić information content (AvgIpc) is 2.48. The molecule has 0 aromatic carbocycles. The lowest BCUT2D eigenvalue weighted by atomic mass is 10.4. The van der Waals surface area contributed by atoms with Crippen molar-refractivity contribution in [3.8, 4) is 0 Å². The van der Waals surface area contributed by atoms with Crippen LogP contribution in [0.25, 0.3) is 0 Å². The van der Waals surface area contributed by atoms with E-state index in [1.807, 2.05) is 6.92 Å². The summed E-state index contributed by atoms with van der Waals surface area (Å²) < 4.78 is 22.7. The summed E-state index contributed by atoms with van der Waals surface area (Å²) in [4.78, 5) is 0. The molecule has 3 unspecified atom stereocenters. The molecule has 0 aliphatic heterocycles. The van der Waals surface area contributed by atoms with E-state index in [1.54, 1.807) is 21.3 Å². The molecule has 0 aliphatic rings. The van der Waals surface area contributed by atoms with Crippen LogP contribution in [0.2, 0.25) is 6.04 Å². The van der Waals surface area contributed by atoms with Crippen LogP contribution in [0.3, 0.4) is 0 Å². The Balaban J connectivity index is 4.88. The first-order chi connectivity index (χ1) is 9.86. The van der Waals surface area contributed by atoms with Crippen molar-refractivity contribution in [2.45, 2.75) is 57.3 Å². The average molecular weight is 319 g/mol. The van der Waals surface area contributed by atoms with E-state index in [-0.39, 0.29) is 17.2 Å². The van der Waals surface area contributed by atoms with Crippen LogP contribution in [0.1, 0.15) is 34.1 Å². The summed E-state index contributed by atoms with van der Waals surface area (Å²) in [5.74, 6) is 0. The second kappa shape index (κ2) is 10.5. The zero-order valence-electron chi connectivity index (χ0n) is 14.9. The van der Waals surface area contributed by atoms with E-state index in [1.165, 1.54) is 0 Å². The van der Waals surface area contributed by atoms with Gasteiger partial charge in [-0.05, 0) is 40.2 Å². The van der Waals surface area contributed by atoms with E-state index in [2.05, 4.69) is 27.4 Å². The first kappa shape index (κ1) is 20.8. The normalized spacial score (nSPS) is 18.8. The highest BCUT2D eigenvalue weighted by Gasteiger charge is 2.49. The van der Waals surface area contributed by atoms with Crippen LogP contribution in [-0.4, -0.2) is 59.8 Å². The molecule has 5 heteroatoms. The summed E-state index contributed by atoms with van der Waals surface area (Å²) in [6.07, 6.45) is 0.995. The first-order valence-electron chi connectivity index (χ1n) is 7.67. The van der Waals surface area contributed by atoms with E-state index < -0.39 is 8.07 Å². The molecule has 0 saturated carbocycles. The fourth-order valence-corrected chi connectivity index (χ4v) is 8.26. The van der Waals surface area contributed by atoms with Crippen LogP contribution in [-0.2, 0) is 18.9 Å². The molecule has 0 rings (SSSR count). The predicted molar refractivity (Wildman–Crippen MR) is 90.2 cm³/mol. The van der Waals surface area contributed by atoms with Crippen LogP contribution in [0, 0.1) is 0 Å². The highest BCUT2D eigenvalue weighted by Crippen LogP contribution is 2.30. The van der Waals surface area contributed by atoms with Gasteiger partial charge in [0.25, 0.3) is 0 Å². The molecular weight excluding hydrogens is 284 g/mol. The Labute approximate surface area is 131 Å². The van der Waals surface area contributed by atoms with Crippen molar-refractivity contribution in [3.63, 3.8) is 0 Å².